The Bertz CT molecular complexity index is 2180. The molecule has 15 heteroatoms. The Hall–Kier alpha value is -4.40. The number of methoxy groups -OCH3 is 1. The van der Waals surface area contributed by atoms with E-state index in [0.717, 1.165) is 54.3 Å². The minimum absolute atomic E-state index is 0.0609. The molecular formula is C44H59N5O9S. The second kappa shape index (κ2) is 15.3. The van der Waals surface area contributed by atoms with E-state index in [-0.39, 0.29) is 25.3 Å². The smallest absolute Gasteiger partial charge is 0.408 e. The van der Waals surface area contributed by atoms with Crippen LogP contribution in [0.2, 0.25) is 0 Å². The summed E-state index contributed by atoms with van der Waals surface area (Å²) >= 11 is 0. The molecule has 59 heavy (non-hydrogen) atoms. The number of nitrogens with zero attached hydrogens (tertiary/aromatic N) is 2. The number of aryl methyl sites for hydroxylation is 1. The molecule has 2 aromatic rings. The molecule has 4 heterocycles. The van der Waals surface area contributed by atoms with Gasteiger partial charge in [-0.1, -0.05) is 31.4 Å². The lowest BCUT2D eigenvalue weighted by atomic mass is 9.65. The maximum Gasteiger partial charge on any atom is 0.408 e. The molecule has 0 unspecified atom stereocenters. The SMILES string of the molecule is COc1ccc2nc(C3CCC3)c3c(c2c1)CC[C@]1(C[C@H]2C(=O)N[C@]4(C(=O)NS(=O)(=O)C5(C)CC5)CC[C@H]4/C=C\CCCCC[C@H](NC(=O)OC(C)(C)C)C(=O)N2C1)O3. The predicted octanol–water partition coefficient (Wildman–Crippen LogP) is 5.85. The highest BCUT2D eigenvalue weighted by Crippen LogP contribution is 2.50. The number of benzene rings is 1. The van der Waals surface area contributed by atoms with E-state index < -0.39 is 73.3 Å². The van der Waals surface area contributed by atoms with Gasteiger partial charge in [0.15, 0.2) is 0 Å². The van der Waals surface area contributed by atoms with Crippen LogP contribution in [0, 0.1) is 5.92 Å². The standard InChI is InChI=1S/C44H59N5O9S/c1-41(2,3)58-40(53)46-33-15-10-8-6-7-9-14-28-18-21-44(28,39(52)48-59(54,55)42(4)22-23-42)47-37(50)34-25-43(26-49(34)38(33)51)20-19-30-31-24-29(56-5)16-17-32(31)45-35(36(30)57-43)27-12-11-13-27/h9,14,16-17,24,27-28,33-34H,6-8,10-13,15,18-23,25-26H2,1-5H3,(H,46,53)(H,47,50)(H,48,52)/b14-9-/t28-,33+,34+,43-,44-/m1/s1. The van der Waals surface area contributed by atoms with Gasteiger partial charge in [0.25, 0.3) is 5.91 Å². The molecule has 6 aliphatic rings. The fourth-order valence-electron chi connectivity index (χ4n) is 9.44. The normalized spacial score (nSPS) is 30.1. The van der Waals surface area contributed by atoms with Gasteiger partial charge in [-0.3, -0.25) is 19.1 Å². The third kappa shape index (κ3) is 7.88. The van der Waals surface area contributed by atoms with Crippen LogP contribution in [0.3, 0.4) is 0 Å². The van der Waals surface area contributed by atoms with Gasteiger partial charge >= 0.3 is 6.09 Å². The number of hydrogen-bond donors (Lipinski definition) is 3. The van der Waals surface area contributed by atoms with E-state index >= 15 is 0 Å². The first kappa shape index (κ1) is 41.3. The molecule has 3 aliphatic heterocycles. The van der Waals surface area contributed by atoms with E-state index in [0.29, 0.717) is 62.9 Å². The molecule has 5 atom stereocenters. The number of ether oxygens (including phenoxy) is 3. The average molecular weight is 834 g/mol. The largest absolute Gasteiger partial charge is 0.497 e. The van der Waals surface area contributed by atoms with Crippen LogP contribution in [0.4, 0.5) is 4.79 Å². The topological polar surface area (TPSA) is 182 Å². The maximum absolute atomic E-state index is 15.0. The van der Waals surface area contributed by atoms with Crippen LogP contribution in [0.5, 0.6) is 11.5 Å². The Morgan fingerprint density at radius 3 is 2.46 bits per heavy atom. The summed E-state index contributed by atoms with van der Waals surface area (Å²) in [4.78, 5) is 64.1. The highest BCUT2D eigenvalue weighted by molar-refractivity contribution is 7.91. The Morgan fingerprint density at radius 2 is 1.80 bits per heavy atom. The number of carbonyl (C=O) groups is 4. The van der Waals surface area contributed by atoms with Gasteiger partial charge in [0.1, 0.15) is 40.3 Å². The average Bonchev–Trinajstić information content (AvgIpc) is 3.81. The maximum atomic E-state index is 15.0. The summed E-state index contributed by atoms with van der Waals surface area (Å²) < 4.78 is 46.4. The van der Waals surface area contributed by atoms with Gasteiger partial charge in [0.05, 0.1) is 29.6 Å². The van der Waals surface area contributed by atoms with Crippen molar-refractivity contribution in [3.63, 3.8) is 0 Å². The van der Waals surface area contributed by atoms with Crippen LogP contribution in [0.25, 0.3) is 10.9 Å². The molecular weight excluding hydrogens is 775 g/mol. The number of rotatable bonds is 6. The van der Waals surface area contributed by atoms with Gasteiger partial charge in [-0.15, -0.1) is 0 Å². The first-order valence-electron chi connectivity index (χ1n) is 21.5. The van der Waals surface area contributed by atoms with Crippen molar-refractivity contribution >= 4 is 44.7 Å². The number of amides is 4. The van der Waals surface area contributed by atoms with Gasteiger partial charge in [-0.25, -0.2) is 18.2 Å². The van der Waals surface area contributed by atoms with Crippen LogP contribution in [-0.2, 0) is 35.6 Å². The number of sulfonamides is 1. The summed E-state index contributed by atoms with van der Waals surface area (Å²) in [6, 6.07) is 3.77. The summed E-state index contributed by atoms with van der Waals surface area (Å²) in [5.41, 5.74) is -0.557. The zero-order valence-electron chi connectivity index (χ0n) is 35.0. The van der Waals surface area contributed by atoms with Gasteiger partial charge in [0, 0.05) is 29.2 Å². The van der Waals surface area contributed by atoms with E-state index in [9.17, 15) is 27.6 Å². The minimum Gasteiger partial charge on any atom is -0.497 e. The minimum atomic E-state index is -4.01. The number of hydrogen-bond acceptors (Lipinski definition) is 10. The zero-order chi connectivity index (χ0) is 42.0. The fraction of sp³-hybridized carbons (Fsp3) is 0.659. The molecule has 3 aliphatic carbocycles. The van der Waals surface area contributed by atoms with Crippen molar-refractivity contribution < 1.29 is 41.8 Å². The second-order valence-electron chi connectivity index (χ2n) is 19.0. The van der Waals surface area contributed by atoms with Crippen molar-refractivity contribution in [2.75, 3.05) is 13.7 Å². The van der Waals surface area contributed by atoms with Crippen LogP contribution in [0.1, 0.15) is 135 Å². The van der Waals surface area contributed by atoms with Crippen molar-refractivity contribution in [1.29, 1.82) is 0 Å². The van der Waals surface area contributed by atoms with E-state index in [4.69, 9.17) is 19.2 Å². The molecule has 1 aromatic heterocycles. The zero-order valence-corrected chi connectivity index (χ0v) is 35.8. The van der Waals surface area contributed by atoms with Crippen molar-refractivity contribution in [1.82, 2.24) is 25.2 Å². The fourth-order valence-corrected chi connectivity index (χ4v) is 10.8. The Kier molecular flexibility index (Phi) is 10.7. The number of carbonyl (C=O) groups excluding carboxylic acids is 4. The molecule has 0 radical (unpaired) electrons. The Labute approximate surface area is 347 Å². The molecule has 1 aromatic carbocycles. The molecule has 3 saturated carbocycles. The summed E-state index contributed by atoms with van der Waals surface area (Å²) in [5.74, 6) is -0.597. The molecule has 4 fully saturated rings. The molecule has 14 nitrogen and oxygen atoms in total. The van der Waals surface area contributed by atoms with E-state index in [1.165, 1.54) is 4.90 Å². The number of fused-ring (bicyclic) bond motifs is 5. The lowest BCUT2D eigenvalue weighted by molar-refractivity contribution is -0.144. The van der Waals surface area contributed by atoms with Crippen molar-refractivity contribution in [2.45, 2.75) is 163 Å². The third-order valence-corrected chi connectivity index (χ3v) is 15.8. The summed E-state index contributed by atoms with van der Waals surface area (Å²) in [6.45, 7) is 6.94. The Morgan fingerprint density at radius 1 is 1.02 bits per heavy atom. The molecule has 320 valence electrons. The van der Waals surface area contributed by atoms with Gasteiger partial charge in [0.2, 0.25) is 21.8 Å². The van der Waals surface area contributed by atoms with E-state index in [1.807, 2.05) is 30.4 Å². The van der Waals surface area contributed by atoms with Crippen molar-refractivity contribution in [3.8, 4) is 11.5 Å². The number of aromatic nitrogens is 1. The van der Waals surface area contributed by atoms with Gasteiger partial charge < -0.3 is 29.7 Å². The van der Waals surface area contributed by atoms with Crippen LogP contribution in [0.15, 0.2) is 30.4 Å². The Balaban J connectivity index is 1.17. The molecule has 8 rings (SSSR count). The number of pyridine rings is 1. The van der Waals surface area contributed by atoms with Crippen LogP contribution >= 0.6 is 0 Å². The first-order chi connectivity index (χ1) is 28.0. The number of allylic oxidation sites excluding steroid dienone is 1. The summed E-state index contributed by atoms with van der Waals surface area (Å²) in [5, 5.41) is 6.81. The summed E-state index contributed by atoms with van der Waals surface area (Å²) in [6.07, 6.45) is 12.4. The van der Waals surface area contributed by atoms with Crippen LogP contribution < -0.4 is 24.8 Å². The predicted molar refractivity (Wildman–Crippen MR) is 220 cm³/mol. The third-order valence-electron chi connectivity index (χ3n) is 13.7. The molecule has 3 N–H and O–H groups in total. The number of alkyl carbamates (subject to hydrolysis) is 1. The highest BCUT2D eigenvalue weighted by Gasteiger charge is 2.60. The quantitative estimate of drug-likeness (QED) is 0.299. The van der Waals surface area contributed by atoms with E-state index in [2.05, 4.69) is 15.4 Å². The second-order valence-corrected chi connectivity index (χ2v) is 21.2. The number of nitrogens with one attached hydrogen (secondary N) is 3. The monoisotopic (exact) mass is 833 g/mol. The van der Waals surface area contributed by atoms with Crippen LogP contribution in [-0.4, -0.2) is 89.3 Å². The first-order valence-corrected chi connectivity index (χ1v) is 23.0. The van der Waals surface area contributed by atoms with Gasteiger partial charge in [-0.2, -0.15) is 0 Å². The summed E-state index contributed by atoms with van der Waals surface area (Å²) in [7, 11) is -2.38. The van der Waals surface area contributed by atoms with E-state index in [1.54, 1.807) is 34.8 Å². The molecule has 4 amide bonds. The molecule has 1 spiro atoms. The van der Waals surface area contributed by atoms with Crippen molar-refractivity contribution in [3.05, 3.63) is 41.6 Å². The van der Waals surface area contributed by atoms with Crippen molar-refractivity contribution in [2.24, 2.45) is 5.92 Å². The molecule has 0 bridgehead atoms. The lowest BCUT2D eigenvalue weighted by Gasteiger charge is -2.48. The highest BCUT2D eigenvalue weighted by atomic mass is 32.2. The lowest BCUT2D eigenvalue weighted by Crippen LogP contribution is -2.70. The van der Waals surface area contributed by atoms with Gasteiger partial charge in [-0.05, 0) is 117 Å². The molecule has 1 saturated heterocycles.